The normalized spacial score (nSPS) is 16.9. The molecule has 2 aliphatic rings. The van der Waals surface area contributed by atoms with Crippen molar-refractivity contribution in [1.82, 2.24) is 4.90 Å². The van der Waals surface area contributed by atoms with Crippen LogP contribution in [0.4, 0.5) is 11.4 Å². The first-order valence-electron chi connectivity index (χ1n) is 9.25. The molecular weight excluding hydrogens is 326 g/mol. The third-order valence-electron chi connectivity index (χ3n) is 5.14. The van der Waals surface area contributed by atoms with E-state index in [4.69, 9.17) is 4.74 Å². The molecule has 2 aromatic rings. The molecular formula is C21H25N3O2. The van der Waals surface area contributed by atoms with E-state index in [1.54, 1.807) is 0 Å². The summed E-state index contributed by atoms with van der Waals surface area (Å²) >= 11 is 0. The van der Waals surface area contributed by atoms with Crippen molar-refractivity contribution in [2.24, 2.45) is 0 Å². The number of anilines is 2. The summed E-state index contributed by atoms with van der Waals surface area (Å²) in [4.78, 5) is 17.1. The standard InChI is InChI=1S/C21H25N3O2/c1-23-9-11-24(12-10-23)19-5-3-18(4-6-19)22-21(25)15-16-2-7-20-17(14-16)8-13-26-20/h2-7,14H,8-13,15H2,1H3,(H,22,25). The second kappa shape index (κ2) is 7.38. The van der Waals surface area contributed by atoms with Crippen molar-refractivity contribution in [1.29, 1.82) is 0 Å². The minimum absolute atomic E-state index is 0.0104. The number of nitrogens with one attached hydrogen (secondary N) is 1. The summed E-state index contributed by atoms with van der Waals surface area (Å²) in [5.41, 5.74) is 4.29. The molecule has 136 valence electrons. The number of rotatable bonds is 4. The molecule has 0 atom stereocenters. The van der Waals surface area contributed by atoms with E-state index in [0.717, 1.165) is 56.2 Å². The van der Waals surface area contributed by atoms with Crippen molar-refractivity contribution in [2.45, 2.75) is 12.8 Å². The van der Waals surface area contributed by atoms with Crippen molar-refractivity contribution in [3.8, 4) is 5.75 Å². The Labute approximate surface area is 154 Å². The maximum absolute atomic E-state index is 12.3. The molecule has 0 saturated carbocycles. The number of piperazine rings is 1. The van der Waals surface area contributed by atoms with Gasteiger partial charge in [-0.15, -0.1) is 0 Å². The first-order chi connectivity index (χ1) is 12.7. The molecule has 2 aromatic carbocycles. The van der Waals surface area contributed by atoms with Crippen LogP contribution in [0.2, 0.25) is 0 Å². The lowest BCUT2D eigenvalue weighted by Crippen LogP contribution is -2.44. The number of benzene rings is 2. The fourth-order valence-electron chi connectivity index (χ4n) is 3.56. The van der Waals surface area contributed by atoms with E-state index in [9.17, 15) is 4.79 Å². The number of carbonyl (C=O) groups excluding carboxylic acids is 1. The topological polar surface area (TPSA) is 44.8 Å². The van der Waals surface area contributed by atoms with Crippen LogP contribution in [-0.2, 0) is 17.6 Å². The Kier molecular flexibility index (Phi) is 4.80. The average Bonchev–Trinajstić information content (AvgIpc) is 3.11. The average molecular weight is 351 g/mol. The van der Waals surface area contributed by atoms with Gasteiger partial charge < -0.3 is 19.9 Å². The Morgan fingerprint density at radius 3 is 2.62 bits per heavy atom. The Balaban J connectivity index is 1.34. The number of fused-ring (bicyclic) bond motifs is 1. The molecule has 0 unspecified atom stereocenters. The van der Waals surface area contributed by atoms with Crippen LogP contribution in [0.15, 0.2) is 42.5 Å². The quantitative estimate of drug-likeness (QED) is 0.920. The number of hydrogen-bond acceptors (Lipinski definition) is 4. The molecule has 2 aliphatic heterocycles. The lowest BCUT2D eigenvalue weighted by Gasteiger charge is -2.34. The summed E-state index contributed by atoms with van der Waals surface area (Å²) in [6, 6.07) is 14.2. The third kappa shape index (κ3) is 3.83. The van der Waals surface area contributed by atoms with Crippen LogP contribution >= 0.6 is 0 Å². The van der Waals surface area contributed by atoms with Crippen molar-refractivity contribution in [3.63, 3.8) is 0 Å². The van der Waals surface area contributed by atoms with Gasteiger partial charge in [-0.3, -0.25) is 4.79 Å². The van der Waals surface area contributed by atoms with Gasteiger partial charge in [-0.2, -0.15) is 0 Å². The number of hydrogen-bond donors (Lipinski definition) is 1. The molecule has 0 radical (unpaired) electrons. The van der Waals surface area contributed by atoms with Gasteiger partial charge in [0.2, 0.25) is 5.91 Å². The van der Waals surface area contributed by atoms with Crippen LogP contribution in [0, 0.1) is 0 Å². The molecule has 5 nitrogen and oxygen atoms in total. The van der Waals surface area contributed by atoms with Gasteiger partial charge in [-0.05, 0) is 48.5 Å². The highest BCUT2D eigenvalue weighted by atomic mass is 16.5. The van der Waals surface area contributed by atoms with Crippen LogP contribution in [-0.4, -0.2) is 50.6 Å². The fraction of sp³-hybridized carbons (Fsp3) is 0.381. The maximum Gasteiger partial charge on any atom is 0.228 e. The molecule has 0 bridgehead atoms. The summed E-state index contributed by atoms with van der Waals surface area (Å²) in [6.07, 6.45) is 1.31. The Morgan fingerprint density at radius 2 is 1.85 bits per heavy atom. The predicted molar refractivity (Wildman–Crippen MR) is 104 cm³/mol. The molecule has 0 aromatic heterocycles. The van der Waals surface area contributed by atoms with E-state index < -0.39 is 0 Å². The molecule has 1 fully saturated rings. The zero-order valence-corrected chi connectivity index (χ0v) is 15.2. The van der Waals surface area contributed by atoms with Crippen molar-refractivity contribution < 1.29 is 9.53 Å². The van der Waals surface area contributed by atoms with Gasteiger partial charge in [-0.1, -0.05) is 12.1 Å². The second-order valence-corrected chi connectivity index (χ2v) is 7.10. The van der Waals surface area contributed by atoms with Crippen LogP contribution in [0.5, 0.6) is 5.75 Å². The summed E-state index contributed by atoms with van der Waals surface area (Å²) in [5.74, 6) is 0.963. The van der Waals surface area contributed by atoms with Crippen LogP contribution in [0.1, 0.15) is 11.1 Å². The first-order valence-corrected chi connectivity index (χ1v) is 9.25. The van der Waals surface area contributed by atoms with E-state index >= 15 is 0 Å². The predicted octanol–water partition coefficient (Wildman–Crippen LogP) is 2.55. The zero-order chi connectivity index (χ0) is 17.9. The van der Waals surface area contributed by atoms with E-state index in [0.29, 0.717) is 6.42 Å². The van der Waals surface area contributed by atoms with Crippen LogP contribution in [0.3, 0.4) is 0 Å². The fourth-order valence-corrected chi connectivity index (χ4v) is 3.56. The smallest absolute Gasteiger partial charge is 0.228 e. The lowest BCUT2D eigenvalue weighted by atomic mass is 10.1. The largest absolute Gasteiger partial charge is 0.493 e. The number of ether oxygens (including phenoxy) is 1. The molecule has 1 saturated heterocycles. The molecule has 2 heterocycles. The number of carbonyl (C=O) groups is 1. The Hall–Kier alpha value is -2.53. The molecule has 1 N–H and O–H groups in total. The minimum Gasteiger partial charge on any atom is -0.493 e. The van der Waals surface area contributed by atoms with Gasteiger partial charge in [0, 0.05) is 44.0 Å². The first kappa shape index (κ1) is 16.9. The molecule has 1 amide bonds. The Bertz CT molecular complexity index is 780. The minimum atomic E-state index is 0.0104. The summed E-state index contributed by atoms with van der Waals surface area (Å²) in [6.45, 7) is 5.01. The van der Waals surface area contributed by atoms with Crippen LogP contribution < -0.4 is 15.0 Å². The molecule has 0 spiro atoms. The van der Waals surface area contributed by atoms with Gasteiger partial charge in [0.25, 0.3) is 0 Å². The Morgan fingerprint density at radius 1 is 1.08 bits per heavy atom. The molecule has 0 aliphatic carbocycles. The summed E-state index contributed by atoms with van der Waals surface area (Å²) < 4.78 is 5.51. The van der Waals surface area contributed by atoms with E-state index in [1.165, 1.54) is 11.3 Å². The summed E-state index contributed by atoms with van der Waals surface area (Å²) in [5, 5.41) is 3.00. The highest BCUT2D eigenvalue weighted by molar-refractivity contribution is 5.92. The van der Waals surface area contributed by atoms with Gasteiger partial charge in [0.1, 0.15) is 5.75 Å². The van der Waals surface area contributed by atoms with E-state index in [2.05, 4.69) is 40.4 Å². The van der Waals surface area contributed by atoms with E-state index in [-0.39, 0.29) is 5.91 Å². The second-order valence-electron chi connectivity index (χ2n) is 7.10. The van der Waals surface area contributed by atoms with Crippen molar-refractivity contribution in [3.05, 3.63) is 53.6 Å². The molecule has 4 rings (SSSR count). The molecule has 26 heavy (non-hydrogen) atoms. The van der Waals surface area contributed by atoms with Gasteiger partial charge in [0.05, 0.1) is 13.0 Å². The summed E-state index contributed by atoms with van der Waals surface area (Å²) in [7, 11) is 2.16. The monoisotopic (exact) mass is 351 g/mol. The number of nitrogens with zero attached hydrogens (tertiary/aromatic N) is 2. The third-order valence-corrected chi connectivity index (χ3v) is 5.14. The van der Waals surface area contributed by atoms with Gasteiger partial charge in [0.15, 0.2) is 0 Å². The van der Waals surface area contributed by atoms with Crippen molar-refractivity contribution >= 4 is 17.3 Å². The highest BCUT2D eigenvalue weighted by Crippen LogP contribution is 2.26. The SMILES string of the molecule is CN1CCN(c2ccc(NC(=O)Cc3ccc4c(c3)CCO4)cc2)CC1. The lowest BCUT2D eigenvalue weighted by molar-refractivity contribution is -0.115. The van der Waals surface area contributed by atoms with Crippen molar-refractivity contribution in [2.75, 3.05) is 50.1 Å². The maximum atomic E-state index is 12.3. The zero-order valence-electron chi connectivity index (χ0n) is 15.2. The van der Waals surface area contributed by atoms with Crippen LogP contribution in [0.25, 0.3) is 0 Å². The number of amides is 1. The van der Waals surface area contributed by atoms with E-state index in [1.807, 2.05) is 24.3 Å². The highest BCUT2D eigenvalue weighted by Gasteiger charge is 2.15. The van der Waals surface area contributed by atoms with Gasteiger partial charge >= 0.3 is 0 Å². The number of likely N-dealkylation sites (N-methyl/N-ethyl adjacent to an activating group) is 1. The van der Waals surface area contributed by atoms with Gasteiger partial charge in [-0.25, -0.2) is 0 Å². The molecule has 5 heteroatoms.